The van der Waals surface area contributed by atoms with Gasteiger partial charge >= 0.3 is 0 Å². The number of hydrogen-bond donors (Lipinski definition) is 0. The minimum atomic E-state index is -0.0768. The van der Waals surface area contributed by atoms with E-state index in [1.54, 1.807) is 0 Å². The fraction of sp³-hybridized carbons (Fsp3) is 0.786. The Kier molecular flexibility index (Phi) is 5.01. The van der Waals surface area contributed by atoms with Gasteiger partial charge in [0.25, 0.3) is 0 Å². The van der Waals surface area contributed by atoms with Crippen LogP contribution in [0.25, 0.3) is 0 Å². The normalized spacial score (nSPS) is 19.9. The molecule has 0 aliphatic carbocycles. The predicted molar refractivity (Wildman–Crippen MR) is 84.9 cm³/mol. The highest BCUT2D eigenvalue weighted by Crippen LogP contribution is 2.46. The molecule has 0 fully saturated rings. The Bertz CT molecular complexity index is 361. The Balaban J connectivity index is 3.49. The van der Waals surface area contributed by atoms with Crippen molar-refractivity contribution in [2.24, 2.45) is 10.8 Å². The van der Waals surface area contributed by atoms with Gasteiger partial charge in [0.15, 0.2) is 5.78 Å². The number of carbonyl (C=O) groups excluding carboxylic acids is 1. The van der Waals surface area contributed by atoms with Crippen LogP contribution >= 0.6 is 17.3 Å². The maximum atomic E-state index is 12.5. The second kappa shape index (κ2) is 5.59. The van der Waals surface area contributed by atoms with Crippen molar-refractivity contribution in [3.8, 4) is 0 Å². The van der Waals surface area contributed by atoms with Crippen molar-refractivity contribution >= 4 is 23.1 Å². The van der Waals surface area contributed by atoms with Crippen LogP contribution in [-0.4, -0.2) is 17.0 Å². The molecule has 1 heterocycles. The lowest BCUT2D eigenvalue weighted by molar-refractivity contribution is -0.116. The third-order valence-electron chi connectivity index (χ3n) is 3.19. The maximum absolute atomic E-state index is 12.5. The molecule has 0 spiro atoms. The fourth-order valence-corrected chi connectivity index (χ4v) is 4.22. The van der Waals surface area contributed by atoms with Crippen molar-refractivity contribution < 1.29 is 4.79 Å². The van der Waals surface area contributed by atoms with Gasteiger partial charge in [-0.15, -0.1) is 0 Å². The summed E-state index contributed by atoms with van der Waals surface area (Å²) in [6, 6.07) is 0. The first-order valence-corrected chi connectivity index (χ1v) is 9.37. The van der Waals surface area contributed by atoms with Crippen LogP contribution in [0, 0.1) is 10.8 Å². The second-order valence-electron chi connectivity index (χ2n) is 7.03. The minimum Gasteiger partial charge on any atom is -0.352 e. The van der Waals surface area contributed by atoms with Gasteiger partial charge < -0.3 is 4.67 Å². The van der Waals surface area contributed by atoms with Gasteiger partial charge in [0.2, 0.25) is 0 Å². The van der Waals surface area contributed by atoms with Gasteiger partial charge in [-0.05, 0) is 20.3 Å². The molecule has 104 valence electrons. The van der Waals surface area contributed by atoms with E-state index >= 15 is 0 Å². The Morgan fingerprint density at radius 1 is 1.11 bits per heavy atom. The van der Waals surface area contributed by atoms with Crippen molar-refractivity contribution in [3.63, 3.8) is 0 Å². The second-order valence-corrected chi connectivity index (χ2v) is 8.60. The molecule has 0 N–H and O–H groups in total. The Hall–Kier alpha value is 0.0700. The van der Waals surface area contributed by atoms with E-state index in [1.165, 1.54) is 5.70 Å². The number of rotatable bonds is 1. The summed E-state index contributed by atoms with van der Waals surface area (Å²) < 4.78 is 2.40. The number of allylic oxidation sites excluding steroid dienone is 2. The van der Waals surface area contributed by atoms with Crippen LogP contribution in [0.1, 0.15) is 54.4 Å². The van der Waals surface area contributed by atoms with E-state index in [1.807, 2.05) is 0 Å². The molecular formula is C14H27NOP2. The lowest BCUT2D eigenvalue weighted by Gasteiger charge is -2.38. The summed E-state index contributed by atoms with van der Waals surface area (Å²) in [6.45, 7) is 14.1. The molecule has 0 amide bonds. The Morgan fingerprint density at radius 3 is 2.06 bits per heavy atom. The number of ketones is 1. The molecular weight excluding hydrogens is 260 g/mol. The lowest BCUT2D eigenvalue weighted by atomic mass is 9.76. The number of carbonyl (C=O) groups is 1. The average Bonchev–Trinajstić information content (AvgIpc) is 2.34. The summed E-state index contributed by atoms with van der Waals surface area (Å²) in [6.07, 6.45) is 1.66. The van der Waals surface area contributed by atoms with E-state index in [4.69, 9.17) is 0 Å². The van der Waals surface area contributed by atoms with Gasteiger partial charge in [-0.3, -0.25) is 4.79 Å². The van der Waals surface area contributed by atoms with Crippen LogP contribution in [-0.2, 0) is 4.79 Å². The summed E-state index contributed by atoms with van der Waals surface area (Å²) >= 11 is 0. The molecule has 0 bridgehead atoms. The van der Waals surface area contributed by atoms with E-state index in [2.05, 4.69) is 55.1 Å². The summed E-state index contributed by atoms with van der Waals surface area (Å²) in [5.41, 5.74) is 2.24. The number of nitrogens with zero attached hydrogens (tertiary/aromatic N) is 1. The van der Waals surface area contributed by atoms with Crippen molar-refractivity contribution in [2.45, 2.75) is 54.4 Å². The lowest BCUT2D eigenvalue weighted by Crippen LogP contribution is -2.30. The first-order chi connectivity index (χ1) is 8.09. The fourth-order valence-electron chi connectivity index (χ4n) is 2.58. The maximum Gasteiger partial charge on any atom is 0.161 e. The third-order valence-corrected chi connectivity index (χ3v) is 4.88. The Labute approximate surface area is 116 Å². The summed E-state index contributed by atoms with van der Waals surface area (Å²) in [5, 5.41) is 0. The first kappa shape index (κ1) is 16.1. The minimum absolute atomic E-state index is 0.0200. The van der Waals surface area contributed by atoms with Gasteiger partial charge in [-0.1, -0.05) is 50.5 Å². The molecule has 2 unspecified atom stereocenters. The molecule has 0 saturated carbocycles. The number of Topliss-reactive ketones (excluding diaryl/α,β-unsaturated/α-hetero) is 1. The van der Waals surface area contributed by atoms with Gasteiger partial charge in [-0.2, -0.15) is 0 Å². The van der Waals surface area contributed by atoms with Crippen LogP contribution in [0.4, 0.5) is 0 Å². The zero-order chi connectivity index (χ0) is 14.1. The van der Waals surface area contributed by atoms with Crippen LogP contribution in [0.15, 0.2) is 11.3 Å². The van der Waals surface area contributed by atoms with E-state index in [9.17, 15) is 4.79 Å². The van der Waals surface area contributed by atoms with E-state index in [0.717, 1.165) is 18.5 Å². The molecule has 4 heteroatoms. The van der Waals surface area contributed by atoms with E-state index in [0.29, 0.717) is 20.6 Å². The van der Waals surface area contributed by atoms with Crippen molar-refractivity contribution in [1.82, 2.24) is 4.67 Å². The Morgan fingerprint density at radius 2 is 1.67 bits per heavy atom. The largest absolute Gasteiger partial charge is 0.352 e. The molecule has 0 aromatic carbocycles. The van der Waals surface area contributed by atoms with E-state index < -0.39 is 0 Å². The molecule has 1 aliphatic rings. The van der Waals surface area contributed by atoms with E-state index in [-0.39, 0.29) is 10.8 Å². The van der Waals surface area contributed by atoms with Crippen molar-refractivity contribution in [3.05, 3.63) is 11.3 Å². The van der Waals surface area contributed by atoms with Crippen molar-refractivity contribution in [1.29, 1.82) is 0 Å². The smallest absolute Gasteiger partial charge is 0.161 e. The van der Waals surface area contributed by atoms with Gasteiger partial charge in [0.1, 0.15) is 0 Å². The van der Waals surface area contributed by atoms with Crippen LogP contribution in [0.3, 0.4) is 0 Å². The molecule has 0 saturated heterocycles. The predicted octanol–water partition coefficient (Wildman–Crippen LogP) is 4.38. The molecule has 0 aromatic rings. The summed E-state index contributed by atoms with van der Waals surface area (Å²) in [7, 11) is 3.48. The molecule has 0 aromatic heterocycles. The van der Waals surface area contributed by atoms with Gasteiger partial charge in [0.05, 0.1) is 0 Å². The molecule has 0 radical (unpaired) electrons. The van der Waals surface area contributed by atoms with Crippen molar-refractivity contribution in [2.75, 3.05) is 6.54 Å². The molecule has 2 nitrogen and oxygen atoms in total. The standard InChI is InChI=1S/C14H27NOP2/c1-13(2,3)11-10(16)8-7-9-15(18-17)12(11)14(4,5)6/h18H,7-9,17H2,1-6H3. The topological polar surface area (TPSA) is 20.3 Å². The quantitative estimate of drug-likeness (QED) is 0.667. The molecule has 1 rings (SSSR count). The van der Waals surface area contributed by atoms with Gasteiger partial charge in [0, 0.05) is 29.7 Å². The molecule has 1 aliphatic heterocycles. The highest BCUT2D eigenvalue weighted by Gasteiger charge is 2.36. The highest BCUT2D eigenvalue weighted by atomic mass is 32.0. The number of hydrogen-bond acceptors (Lipinski definition) is 2. The zero-order valence-electron chi connectivity index (χ0n) is 12.6. The molecule has 18 heavy (non-hydrogen) atoms. The SMILES string of the molecule is CC(C)(C)C1=C(C(C)(C)C)N(PP)CCCC1=O. The summed E-state index contributed by atoms with van der Waals surface area (Å²) in [5.74, 6) is 0.346. The first-order valence-electron chi connectivity index (χ1n) is 6.61. The average molecular weight is 287 g/mol. The highest BCUT2D eigenvalue weighted by molar-refractivity contribution is 8.01. The zero-order valence-corrected chi connectivity index (χ0v) is 14.7. The van der Waals surface area contributed by atoms with Crippen LogP contribution in [0.5, 0.6) is 0 Å². The molecule has 2 atom stereocenters. The monoisotopic (exact) mass is 287 g/mol. The van der Waals surface area contributed by atoms with Crippen LogP contribution in [0.2, 0.25) is 0 Å². The van der Waals surface area contributed by atoms with Crippen LogP contribution < -0.4 is 0 Å². The third kappa shape index (κ3) is 3.55. The van der Waals surface area contributed by atoms with Gasteiger partial charge in [-0.25, -0.2) is 0 Å². The summed E-state index contributed by atoms with van der Waals surface area (Å²) in [4.78, 5) is 12.5.